The van der Waals surface area contributed by atoms with Gasteiger partial charge in [-0.05, 0) is 55.2 Å². The Bertz CT molecular complexity index is 926. The fourth-order valence-corrected chi connectivity index (χ4v) is 4.18. The zero-order chi connectivity index (χ0) is 20.1. The van der Waals surface area contributed by atoms with Crippen molar-refractivity contribution in [2.45, 2.75) is 51.4 Å². The second-order valence-electron chi connectivity index (χ2n) is 7.77. The molecule has 4 rings (SSSR count). The number of ether oxygens (including phenoxy) is 1. The molecule has 150 valence electrons. The number of esters is 1. The minimum atomic E-state index is -0.519. The van der Waals surface area contributed by atoms with E-state index in [-0.39, 0.29) is 6.08 Å². The van der Waals surface area contributed by atoms with E-state index in [1.54, 1.807) is 24.3 Å². The smallest absolute Gasteiger partial charge is 0.372 e. The second kappa shape index (κ2) is 9.03. The Morgan fingerprint density at radius 2 is 1.76 bits per heavy atom. The number of rotatable bonds is 6. The van der Waals surface area contributed by atoms with Gasteiger partial charge in [0.25, 0.3) is 0 Å². The fraction of sp³-hybridized carbons (Fsp3) is 0.375. The van der Waals surface area contributed by atoms with Crippen molar-refractivity contribution < 1.29 is 14.1 Å². The second-order valence-corrected chi connectivity index (χ2v) is 7.77. The van der Waals surface area contributed by atoms with E-state index in [2.05, 4.69) is 29.2 Å². The number of aromatic nitrogens is 2. The lowest BCUT2D eigenvalue weighted by molar-refractivity contribution is 0.0669. The Hall–Kier alpha value is -2.95. The number of carbonyl (C=O) groups excluding carboxylic acids is 1. The van der Waals surface area contributed by atoms with Crippen LogP contribution in [0, 0.1) is 5.92 Å². The molecular formula is C24H26N2O3. The van der Waals surface area contributed by atoms with Crippen molar-refractivity contribution in [3.05, 3.63) is 65.7 Å². The van der Waals surface area contributed by atoms with Gasteiger partial charge in [-0.25, -0.2) is 4.79 Å². The SMILES string of the molecule is CCCC1CCC(c2ccc(-c3noc(OC(=O)c4ccccc4)n3)cc2)CC1. The molecular weight excluding hydrogens is 364 g/mol. The van der Waals surface area contributed by atoms with Gasteiger partial charge < -0.3 is 4.74 Å². The van der Waals surface area contributed by atoms with E-state index in [1.807, 2.05) is 18.2 Å². The molecule has 0 N–H and O–H groups in total. The van der Waals surface area contributed by atoms with Crippen molar-refractivity contribution in [2.75, 3.05) is 0 Å². The van der Waals surface area contributed by atoms with E-state index in [4.69, 9.17) is 9.26 Å². The summed E-state index contributed by atoms with van der Waals surface area (Å²) in [5, 5.41) is 3.94. The van der Waals surface area contributed by atoms with Crippen LogP contribution >= 0.6 is 0 Å². The van der Waals surface area contributed by atoms with E-state index in [0.29, 0.717) is 17.3 Å². The molecule has 0 atom stereocenters. The minimum absolute atomic E-state index is 0.146. The van der Waals surface area contributed by atoms with Crippen LogP contribution in [0.15, 0.2) is 59.1 Å². The van der Waals surface area contributed by atoms with Crippen LogP contribution in [0.4, 0.5) is 0 Å². The number of nitrogens with zero attached hydrogens (tertiary/aromatic N) is 2. The van der Waals surface area contributed by atoms with E-state index in [9.17, 15) is 4.79 Å². The van der Waals surface area contributed by atoms with Gasteiger partial charge >= 0.3 is 12.0 Å². The lowest BCUT2D eigenvalue weighted by Gasteiger charge is -2.28. The van der Waals surface area contributed by atoms with Gasteiger partial charge in [0.1, 0.15) is 0 Å². The molecule has 1 aliphatic carbocycles. The summed E-state index contributed by atoms with van der Waals surface area (Å²) in [7, 11) is 0. The first-order valence-corrected chi connectivity index (χ1v) is 10.4. The highest BCUT2D eigenvalue weighted by molar-refractivity contribution is 5.90. The van der Waals surface area contributed by atoms with Crippen molar-refractivity contribution >= 4 is 5.97 Å². The van der Waals surface area contributed by atoms with Gasteiger partial charge in [0, 0.05) is 5.56 Å². The van der Waals surface area contributed by atoms with Crippen LogP contribution in [0.3, 0.4) is 0 Å². The third-order valence-electron chi connectivity index (χ3n) is 5.78. The highest BCUT2D eigenvalue weighted by atomic mass is 16.7. The lowest BCUT2D eigenvalue weighted by atomic mass is 9.77. The molecule has 2 aromatic carbocycles. The molecule has 0 amide bonds. The van der Waals surface area contributed by atoms with Crippen LogP contribution in [0.25, 0.3) is 11.4 Å². The molecule has 5 nitrogen and oxygen atoms in total. The topological polar surface area (TPSA) is 65.2 Å². The van der Waals surface area contributed by atoms with Crippen LogP contribution in [0.1, 0.15) is 67.3 Å². The van der Waals surface area contributed by atoms with Crippen molar-refractivity contribution in [1.82, 2.24) is 10.1 Å². The fourth-order valence-electron chi connectivity index (χ4n) is 4.18. The molecule has 0 saturated heterocycles. The van der Waals surface area contributed by atoms with E-state index in [0.717, 1.165) is 11.5 Å². The van der Waals surface area contributed by atoms with Gasteiger partial charge in [-0.1, -0.05) is 67.4 Å². The molecule has 1 fully saturated rings. The highest BCUT2D eigenvalue weighted by Gasteiger charge is 2.22. The summed E-state index contributed by atoms with van der Waals surface area (Å²) in [5.74, 6) is 1.45. The lowest BCUT2D eigenvalue weighted by Crippen LogP contribution is -2.13. The van der Waals surface area contributed by atoms with Crippen LogP contribution < -0.4 is 4.74 Å². The maximum atomic E-state index is 12.1. The summed E-state index contributed by atoms with van der Waals surface area (Å²) in [6.45, 7) is 2.27. The summed E-state index contributed by atoms with van der Waals surface area (Å²) in [4.78, 5) is 16.3. The first-order chi connectivity index (χ1) is 14.2. The van der Waals surface area contributed by atoms with Gasteiger partial charge in [0.2, 0.25) is 5.82 Å². The standard InChI is InChI=1S/C24H26N2O3/c1-2-6-17-9-11-18(12-10-17)19-13-15-20(16-14-19)22-25-24(29-26-22)28-23(27)21-7-4-3-5-8-21/h3-5,7-8,13-18H,2,6,9-12H2,1H3. The maximum absolute atomic E-state index is 12.1. The van der Waals surface area contributed by atoms with E-state index >= 15 is 0 Å². The van der Waals surface area contributed by atoms with Gasteiger partial charge in [-0.15, -0.1) is 0 Å². The highest BCUT2D eigenvalue weighted by Crippen LogP contribution is 2.37. The third kappa shape index (κ3) is 4.73. The average Bonchev–Trinajstić information content (AvgIpc) is 3.24. The van der Waals surface area contributed by atoms with Crippen molar-refractivity contribution in [3.63, 3.8) is 0 Å². The number of hydrogen-bond acceptors (Lipinski definition) is 5. The third-order valence-corrected chi connectivity index (χ3v) is 5.78. The summed E-state index contributed by atoms with van der Waals surface area (Å²) < 4.78 is 10.3. The molecule has 0 radical (unpaired) electrons. The van der Waals surface area contributed by atoms with E-state index in [1.165, 1.54) is 44.1 Å². The van der Waals surface area contributed by atoms with Crippen molar-refractivity contribution in [1.29, 1.82) is 0 Å². The van der Waals surface area contributed by atoms with Crippen molar-refractivity contribution in [2.24, 2.45) is 5.92 Å². The Kier molecular flexibility index (Phi) is 6.03. The Morgan fingerprint density at radius 3 is 2.45 bits per heavy atom. The zero-order valence-electron chi connectivity index (χ0n) is 16.7. The molecule has 5 heteroatoms. The van der Waals surface area contributed by atoms with Crippen LogP contribution in [-0.4, -0.2) is 16.1 Å². The number of carbonyl (C=O) groups is 1. The molecule has 0 unspecified atom stereocenters. The summed E-state index contributed by atoms with van der Waals surface area (Å²) in [6, 6.07) is 17.1. The van der Waals surface area contributed by atoms with E-state index < -0.39 is 5.97 Å². The first-order valence-electron chi connectivity index (χ1n) is 10.4. The molecule has 1 saturated carbocycles. The molecule has 1 heterocycles. The molecule has 0 spiro atoms. The largest absolute Gasteiger partial charge is 0.425 e. The molecule has 3 aromatic rings. The predicted octanol–water partition coefficient (Wildman–Crippen LogP) is 6.03. The molecule has 0 aliphatic heterocycles. The molecule has 1 aliphatic rings. The number of benzene rings is 2. The normalized spacial score (nSPS) is 19.1. The van der Waals surface area contributed by atoms with Crippen LogP contribution in [-0.2, 0) is 0 Å². The van der Waals surface area contributed by atoms with Gasteiger partial charge in [0.05, 0.1) is 5.56 Å². The Labute approximate surface area is 171 Å². The van der Waals surface area contributed by atoms with Gasteiger partial charge in [0.15, 0.2) is 0 Å². The molecule has 29 heavy (non-hydrogen) atoms. The van der Waals surface area contributed by atoms with Crippen LogP contribution in [0.5, 0.6) is 6.08 Å². The average molecular weight is 390 g/mol. The maximum Gasteiger partial charge on any atom is 0.425 e. The van der Waals surface area contributed by atoms with Gasteiger partial charge in [-0.3, -0.25) is 4.52 Å². The summed E-state index contributed by atoms with van der Waals surface area (Å²) in [6.07, 6.45) is 7.71. The Morgan fingerprint density at radius 1 is 1.03 bits per heavy atom. The monoisotopic (exact) mass is 390 g/mol. The summed E-state index contributed by atoms with van der Waals surface area (Å²) >= 11 is 0. The van der Waals surface area contributed by atoms with Crippen LogP contribution in [0.2, 0.25) is 0 Å². The zero-order valence-corrected chi connectivity index (χ0v) is 16.7. The van der Waals surface area contributed by atoms with Crippen molar-refractivity contribution in [3.8, 4) is 17.5 Å². The summed E-state index contributed by atoms with van der Waals surface area (Å²) in [5.41, 5.74) is 2.66. The van der Waals surface area contributed by atoms with Gasteiger partial charge in [-0.2, -0.15) is 4.98 Å². The minimum Gasteiger partial charge on any atom is -0.372 e. The molecule has 1 aromatic heterocycles. The molecule has 0 bridgehead atoms. The Balaban J connectivity index is 1.38. The predicted molar refractivity (Wildman–Crippen MR) is 111 cm³/mol. The quantitative estimate of drug-likeness (QED) is 0.481. The number of hydrogen-bond donors (Lipinski definition) is 0. The first kappa shape index (κ1) is 19.4.